The van der Waals surface area contributed by atoms with Gasteiger partial charge < -0.3 is 20.4 Å². The average Bonchev–Trinajstić information content (AvgIpc) is 2.08. The third kappa shape index (κ3) is 2.85. The van der Waals surface area contributed by atoms with E-state index in [0.717, 1.165) is 6.42 Å². The lowest BCUT2D eigenvalue weighted by atomic mass is 9.88. The van der Waals surface area contributed by atoms with Gasteiger partial charge in [0.2, 0.25) is 0 Å². The number of oxime groups is 1. The van der Waals surface area contributed by atoms with Crippen molar-refractivity contribution in [2.75, 3.05) is 19.8 Å². The van der Waals surface area contributed by atoms with Gasteiger partial charge in [-0.25, -0.2) is 0 Å². The molecule has 1 heterocycles. The molecule has 3 N–H and O–H groups in total. The Bertz CT molecular complexity index is 212. The van der Waals surface area contributed by atoms with Gasteiger partial charge in [0, 0.05) is 12.0 Å². The molecule has 0 aliphatic carbocycles. The summed E-state index contributed by atoms with van der Waals surface area (Å²) in [6, 6.07) is 0. The molecular weight excluding hydrogens is 184 g/mol. The minimum atomic E-state index is -0.320. The monoisotopic (exact) mass is 202 g/mol. The molecule has 0 aromatic heterocycles. The fourth-order valence-electron chi connectivity index (χ4n) is 1.05. The van der Waals surface area contributed by atoms with Crippen LogP contribution in [0.3, 0.4) is 0 Å². The van der Waals surface area contributed by atoms with Crippen molar-refractivity contribution in [1.29, 1.82) is 0 Å². The van der Waals surface area contributed by atoms with Crippen LogP contribution in [0.25, 0.3) is 0 Å². The highest BCUT2D eigenvalue weighted by molar-refractivity contribution is 5.85. The number of ether oxygens (including phenoxy) is 2. The number of nitrogens with two attached hydrogens (primary N) is 1. The molecule has 0 unspecified atom stereocenters. The number of amidine groups is 1. The lowest BCUT2D eigenvalue weighted by molar-refractivity contribution is -0.131. The molecule has 0 aromatic rings. The van der Waals surface area contributed by atoms with Crippen LogP contribution < -0.4 is 5.73 Å². The van der Waals surface area contributed by atoms with Crippen LogP contribution in [0, 0.1) is 5.41 Å². The number of hydrogen-bond acceptors (Lipinski definition) is 4. The third-order valence-electron chi connectivity index (χ3n) is 2.49. The van der Waals surface area contributed by atoms with Crippen molar-refractivity contribution in [2.45, 2.75) is 26.4 Å². The van der Waals surface area contributed by atoms with Crippen molar-refractivity contribution >= 4 is 5.84 Å². The Morgan fingerprint density at radius 1 is 1.64 bits per heavy atom. The minimum Gasteiger partial charge on any atom is -0.409 e. The first-order valence-electron chi connectivity index (χ1n) is 4.73. The summed E-state index contributed by atoms with van der Waals surface area (Å²) in [4.78, 5) is 0. The molecule has 0 bridgehead atoms. The van der Waals surface area contributed by atoms with Gasteiger partial charge in [-0.15, -0.1) is 0 Å². The second-order valence-corrected chi connectivity index (χ2v) is 4.15. The predicted molar refractivity (Wildman–Crippen MR) is 52.4 cm³/mol. The summed E-state index contributed by atoms with van der Waals surface area (Å²) in [5.41, 5.74) is 5.21. The summed E-state index contributed by atoms with van der Waals surface area (Å²) in [6.07, 6.45) is 0.970. The van der Waals surface area contributed by atoms with Crippen LogP contribution in [0.2, 0.25) is 0 Å². The molecule has 1 aliphatic heterocycles. The third-order valence-corrected chi connectivity index (χ3v) is 2.49. The zero-order valence-corrected chi connectivity index (χ0v) is 8.69. The van der Waals surface area contributed by atoms with Gasteiger partial charge in [-0.3, -0.25) is 0 Å². The maximum absolute atomic E-state index is 8.54. The van der Waals surface area contributed by atoms with Crippen LogP contribution in [0.4, 0.5) is 0 Å². The summed E-state index contributed by atoms with van der Waals surface area (Å²) in [5, 5.41) is 11.5. The fourth-order valence-corrected chi connectivity index (χ4v) is 1.05. The van der Waals surface area contributed by atoms with Crippen LogP contribution in [-0.2, 0) is 9.47 Å². The van der Waals surface area contributed by atoms with Gasteiger partial charge in [0.05, 0.1) is 13.2 Å². The minimum absolute atomic E-state index is 0.234. The smallest absolute Gasteiger partial charge is 0.144 e. The molecule has 0 amide bonds. The Hall–Kier alpha value is -0.810. The van der Waals surface area contributed by atoms with E-state index in [1.54, 1.807) is 0 Å². The topological polar surface area (TPSA) is 77.1 Å². The number of hydrogen-bond donors (Lipinski definition) is 2. The first kappa shape index (κ1) is 11.3. The molecule has 1 fully saturated rings. The standard InChI is InChI=1S/C9H18N2O3/c1-9(2,8(10)11-12)3-4-14-7-5-13-6-7/h7,12H,3-6H2,1-2H3,(H2,10,11). The molecule has 0 atom stereocenters. The largest absolute Gasteiger partial charge is 0.409 e. The van der Waals surface area contributed by atoms with Crippen molar-refractivity contribution in [1.82, 2.24) is 0 Å². The molecule has 82 valence electrons. The van der Waals surface area contributed by atoms with Crippen molar-refractivity contribution in [3.05, 3.63) is 0 Å². The van der Waals surface area contributed by atoms with Crippen LogP contribution in [-0.4, -0.2) is 37.0 Å². The van der Waals surface area contributed by atoms with Crippen molar-refractivity contribution in [2.24, 2.45) is 16.3 Å². The molecule has 14 heavy (non-hydrogen) atoms. The summed E-state index contributed by atoms with van der Waals surface area (Å²) in [6.45, 7) is 5.82. The van der Waals surface area contributed by atoms with E-state index < -0.39 is 0 Å². The molecule has 1 saturated heterocycles. The normalized spacial score (nSPS) is 19.4. The highest BCUT2D eigenvalue weighted by atomic mass is 16.6. The molecular formula is C9H18N2O3. The SMILES string of the molecule is CC(C)(CCOC1COC1)C(N)=NO. The van der Waals surface area contributed by atoms with Gasteiger partial charge in [-0.2, -0.15) is 0 Å². The van der Waals surface area contributed by atoms with E-state index in [1.165, 1.54) is 0 Å². The van der Waals surface area contributed by atoms with Crippen LogP contribution >= 0.6 is 0 Å². The Kier molecular flexibility index (Phi) is 3.71. The highest BCUT2D eigenvalue weighted by Crippen LogP contribution is 2.21. The Morgan fingerprint density at radius 3 is 2.71 bits per heavy atom. The predicted octanol–water partition coefficient (Wildman–Crippen LogP) is 0.565. The molecule has 5 nitrogen and oxygen atoms in total. The number of nitrogens with zero attached hydrogens (tertiary/aromatic N) is 1. The highest BCUT2D eigenvalue weighted by Gasteiger charge is 2.25. The van der Waals surface area contributed by atoms with Gasteiger partial charge in [0.25, 0.3) is 0 Å². The molecule has 1 rings (SSSR count). The average molecular weight is 202 g/mol. The van der Waals surface area contributed by atoms with E-state index in [9.17, 15) is 0 Å². The zero-order chi connectivity index (χ0) is 10.6. The lowest BCUT2D eigenvalue weighted by Crippen LogP contribution is -2.38. The Morgan fingerprint density at radius 2 is 2.29 bits per heavy atom. The van der Waals surface area contributed by atoms with Crippen molar-refractivity contribution in [3.8, 4) is 0 Å². The first-order valence-corrected chi connectivity index (χ1v) is 4.73. The van der Waals surface area contributed by atoms with Crippen LogP contribution in [0.5, 0.6) is 0 Å². The lowest BCUT2D eigenvalue weighted by Gasteiger charge is -2.28. The van der Waals surface area contributed by atoms with E-state index in [1.807, 2.05) is 13.8 Å². The first-order chi connectivity index (χ1) is 6.56. The Labute approximate surface area is 83.9 Å². The van der Waals surface area contributed by atoms with Crippen molar-refractivity contribution < 1.29 is 14.7 Å². The quantitative estimate of drug-likeness (QED) is 0.295. The molecule has 5 heteroatoms. The maximum Gasteiger partial charge on any atom is 0.144 e. The molecule has 0 radical (unpaired) electrons. The number of rotatable bonds is 5. The van der Waals surface area contributed by atoms with Crippen LogP contribution in [0.15, 0.2) is 5.16 Å². The second kappa shape index (κ2) is 4.61. The fraction of sp³-hybridized carbons (Fsp3) is 0.889. The summed E-state index contributed by atoms with van der Waals surface area (Å²) in [5.74, 6) is 0.242. The summed E-state index contributed by atoms with van der Waals surface area (Å²) >= 11 is 0. The molecule has 0 aromatic carbocycles. The van der Waals surface area contributed by atoms with Crippen LogP contribution in [0.1, 0.15) is 20.3 Å². The van der Waals surface area contributed by atoms with Crippen molar-refractivity contribution in [3.63, 3.8) is 0 Å². The van der Waals surface area contributed by atoms with Gasteiger partial charge in [-0.05, 0) is 6.42 Å². The van der Waals surface area contributed by atoms with Gasteiger partial charge >= 0.3 is 0 Å². The summed E-state index contributed by atoms with van der Waals surface area (Å²) in [7, 11) is 0. The van der Waals surface area contributed by atoms with E-state index in [0.29, 0.717) is 19.8 Å². The van der Waals surface area contributed by atoms with E-state index >= 15 is 0 Å². The van der Waals surface area contributed by atoms with Gasteiger partial charge in [0.15, 0.2) is 0 Å². The molecule has 0 spiro atoms. The van der Waals surface area contributed by atoms with E-state index in [-0.39, 0.29) is 17.4 Å². The van der Waals surface area contributed by atoms with E-state index in [4.69, 9.17) is 20.4 Å². The van der Waals surface area contributed by atoms with E-state index in [2.05, 4.69) is 5.16 Å². The van der Waals surface area contributed by atoms with Gasteiger partial charge in [-0.1, -0.05) is 19.0 Å². The molecule has 0 saturated carbocycles. The summed E-state index contributed by atoms with van der Waals surface area (Å²) < 4.78 is 10.5. The molecule has 1 aliphatic rings. The Balaban J connectivity index is 2.21. The second-order valence-electron chi connectivity index (χ2n) is 4.15. The van der Waals surface area contributed by atoms with Gasteiger partial charge in [0.1, 0.15) is 11.9 Å². The maximum atomic E-state index is 8.54. The zero-order valence-electron chi connectivity index (χ0n) is 8.69.